The Bertz CT molecular complexity index is 980. The Morgan fingerprint density at radius 1 is 1.19 bits per heavy atom. The first-order valence-electron chi connectivity index (χ1n) is 10.6. The van der Waals surface area contributed by atoms with Gasteiger partial charge in [0.2, 0.25) is 5.91 Å². The van der Waals surface area contributed by atoms with Crippen molar-refractivity contribution in [1.82, 2.24) is 14.9 Å². The maximum absolute atomic E-state index is 12.6. The number of sulfone groups is 1. The zero-order valence-electron chi connectivity index (χ0n) is 18.1. The number of likely N-dealkylation sites (tertiary alicyclic amines) is 1. The van der Waals surface area contributed by atoms with Gasteiger partial charge in [-0.2, -0.15) is 0 Å². The first-order chi connectivity index (χ1) is 14.8. The van der Waals surface area contributed by atoms with Crippen molar-refractivity contribution in [3.63, 3.8) is 0 Å². The molecule has 8 nitrogen and oxygen atoms in total. The minimum Gasteiger partial charge on any atom is -0.494 e. The van der Waals surface area contributed by atoms with Gasteiger partial charge in [0.25, 0.3) is 0 Å². The van der Waals surface area contributed by atoms with E-state index in [2.05, 4.69) is 9.97 Å². The van der Waals surface area contributed by atoms with Gasteiger partial charge in [0, 0.05) is 31.3 Å². The standard InChI is InChI=1S/C22H30N4O4S/c1-3-30-19-4-6-20(7-5-19)31(28,29)13-10-22(27)26-11-8-17(9-12-26)14-18-15-21(23)25-16(2)24-18/h4-7,15,17H,3,8-14H2,1-2H3,(H2,23,24,25). The number of hydrogen-bond acceptors (Lipinski definition) is 7. The number of amides is 1. The largest absolute Gasteiger partial charge is 0.494 e. The molecule has 0 atom stereocenters. The molecule has 0 radical (unpaired) electrons. The predicted molar refractivity (Wildman–Crippen MR) is 118 cm³/mol. The molecule has 0 spiro atoms. The van der Waals surface area contributed by atoms with E-state index in [1.165, 1.54) is 12.1 Å². The summed E-state index contributed by atoms with van der Waals surface area (Å²) < 4.78 is 30.5. The molecule has 1 aliphatic heterocycles. The van der Waals surface area contributed by atoms with Crippen molar-refractivity contribution < 1.29 is 17.9 Å². The SMILES string of the molecule is CCOc1ccc(S(=O)(=O)CCC(=O)N2CCC(Cc3cc(N)nc(C)n3)CC2)cc1. The fourth-order valence-electron chi connectivity index (χ4n) is 3.85. The van der Waals surface area contributed by atoms with E-state index < -0.39 is 9.84 Å². The smallest absolute Gasteiger partial charge is 0.223 e. The van der Waals surface area contributed by atoms with Crippen LogP contribution in [0, 0.1) is 12.8 Å². The van der Waals surface area contributed by atoms with Gasteiger partial charge in [0.05, 0.1) is 17.3 Å². The number of nitrogen functional groups attached to an aromatic ring is 1. The highest BCUT2D eigenvalue weighted by Crippen LogP contribution is 2.23. The first-order valence-corrected chi connectivity index (χ1v) is 12.3. The predicted octanol–water partition coefficient (Wildman–Crippen LogP) is 2.41. The van der Waals surface area contributed by atoms with Gasteiger partial charge >= 0.3 is 0 Å². The molecule has 1 amide bonds. The number of aryl methyl sites for hydroxylation is 1. The number of benzene rings is 1. The molecule has 0 unspecified atom stereocenters. The fraction of sp³-hybridized carbons (Fsp3) is 0.500. The van der Waals surface area contributed by atoms with Crippen LogP contribution in [0.5, 0.6) is 5.75 Å². The van der Waals surface area contributed by atoms with Crippen molar-refractivity contribution >= 4 is 21.6 Å². The molecule has 31 heavy (non-hydrogen) atoms. The van der Waals surface area contributed by atoms with Crippen molar-refractivity contribution in [1.29, 1.82) is 0 Å². The van der Waals surface area contributed by atoms with E-state index in [9.17, 15) is 13.2 Å². The molecule has 1 aromatic heterocycles. The minimum atomic E-state index is -3.51. The van der Waals surface area contributed by atoms with Gasteiger partial charge < -0.3 is 15.4 Å². The third kappa shape index (κ3) is 6.40. The third-order valence-electron chi connectivity index (χ3n) is 5.45. The summed E-state index contributed by atoms with van der Waals surface area (Å²) in [6.45, 7) is 5.47. The molecule has 0 bridgehead atoms. The van der Waals surface area contributed by atoms with Crippen LogP contribution >= 0.6 is 0 Å². The number of nitrogens with zero attached hydrogens (tertiary/aromatic N) is 3. The number of hydrogen-bond donors (Lipinski definition) is 1. The monoisotopic (exact) mass is 446 g/mol. The number of piperidine rings is 1. The van der Waals surface area contributed by atoms with E-state index in [1.54, 1.807) is 23.1 Å². The van der Waals surface area contributed by atoms with E-state index in [4.69, 9.17) is 10.5 Å². The third-order valence-corrected chi connectivity index (χ3v) is 7.19. The van der Waals surface area contributed by atoms with Crippen LogP contribution in [0.3, 0.4) is 0 Å². The topological polar surface area (TPSA) is 115 Å². The van der Waals surface area contributed by atoms with E-state index in [-0.39, 0.29) is 23.0 Å². The molecule has 2 heterocycles. The van der Waals surface area contributed by atoms with Crippen molar-refractivity contribution in [3.05, 3.63) is 41.9 Å². The lowest BCUT2D eigenvalue weighted by Gasteiger charge is -2.32. The second kappa shape index (κ2) is 10.1. The number of ether oxygens (including phenoxy) is 1. The summed E-state index contributed by atoms with van der Waals surface area (Å²) in [5, 5.41) is 0. The van der Waals surface area contributed by atoms with Crippen molar-refractivity contribution in [3.8, 4) is 5.75 Å². The second-order valence-electron chi connectivity index (χ2n) is 7.83. The average Bonchev–Trinajstić information content (AvgIpc) is 2.72. The summed E-state index contributed by atoms with van der Waals surface area (Å²) in [6, 6.07) is 8.12. The Morgan fingerprint density at radius 3 is 2.48 bits per heavy atom. The average molecular weight is 447 g/mol. The van der Waals surface area contributed by atoms with E-state index in [0.29, 0.717) is 43.0 Å². The zero-order valence-corrected chi connectivity index (χ0v) is 18.9. The van der Waals surface area contributed by atoms with Crippen LogP contribution < -0.4 is 10.5 Å². The van der Waals surface area contributed by atoms with Gasteiger partial charge in [0.1, 0.15) is 17.4 Å². The first kappa shape index (κ1) is 23.0. The molecule has 3 rings (SSSR count). The van der Waals surface area contributed by atoms with Crippen LogP contribution in [0.2, 0.25) is 0 Å². The van der Waals surface area contributed by atoms with Gasteiger partial charge in [0.15, 0.2) is 9.84 Å². The summed E-state index contributed by atoms with van der Waals surface area (Å²) in [5.74, 6) is 1.88. The van der Waals surface area contributed by atoms with Gasteiger partial charge in [-0.1, -0.05) is 0 Å². The van der Waals surface area contributed by atoms with Crippen molar-refractivity contribution in [2.45, 2.75) is 44.4 Å². The van der Waals surface area contributed by atoms with Crippen molar-refractivity contribution in [2.75, 3.05) is 31.2 Å². The number of aromatic nitrogens is 2. The lowest BCUT2D eigenvalue weighted by atomic mass is 9.92. The Hall–Kier alpha value is -2.68. The highest BCUT2D eigenvalue weighted by atomic mass is 32.2. The molecule has 0 aliphatic carbocycles. The molecule has 1 aliphatic rings. The molecule has 1 fully saturated rings. The molecular weight excluding hydrogens is 416 g/mol. The maximum Gasteiger partial charge on any atom is 0.223 e. The van der Waals surface area contributed by atoms with E-state index >= 15 is 0 Å². The lowest BCUT2D eigenvalue weighted by Crippen LogP contribution is -2.39. The van der Waals surface area contributed by atoms with E-state index in [1.807, 2.05) is 13.8 Å². The number of nitrogens with two attached hydrogens (primary N) is 1. The molecular formula is C22H30N4O4S. The van der Waals surface area contributed by atoms with Crippen LogP contribution in [-0.2, 0) is 21.1 Å². The highest BCUT2D eigenvalue weighted by Gasteiger charge is 2.25. The lowest BCUT2D eigenvalue weighted by molar-refractivity contribution is -0.132. The Kier molecular flexibility index (Phi) is 7.48. The Labute approximate surface area is 183 Å². The summed E-state index contributed by atoms with van der Waals surface area (Å²) in [5.41, 5.74) is 6.73. The normalized spacial score (nSPS) is 15.1. The number of carbonyl (C=O) groups is 1. The summed E-state index contributed by atoms with van der Waals surface area (Å²) in [4.78, 5) is 23.1. The molecule has 0 saturated carbocycles. The maximum atomic E-state index is 12.6. The molecule has 9 heteroatoms. The van der Waals surface area contributed by atoms with Crippen LogP contribution in [0.15, 0.2) is 35.2 Å². The van der Waals surface area contributed by atoms with Gasteiger partial charge in [-0.3, -0.25) is 4.79 Å². The van der Waals surface area contributed by atoms with Crippen LogP contribution in [-0.4, -0.2) is 54.6 Å². The summed E-state index contributed by atoms with van der Waals surface area (Å²) in [6.07, 6.45) is 2.52. The molecule has 168 valence electrons. The Balaban J connectivity index is 1.48. The minimum absolute atomic E-state index is 0.0121. The van der Waals surface area contributed by atoms with Gasteiger partial charge in [-0.25, -0.2) is 18.4 Å². The molecule has 2 N–H and O–H groups in total. The zero-order chi connectivity index (χ0) is 22.4. The fourth-order valence-corrected chi connectivity index (χ4v) is 5.08. The van der Waals surface area contributed by atoms with Crippen LogP contribution in [0.4, 0.5) is 5.82 Å². The summed E-state index contributed by atoms with van der Waals surface area (Å²) >= 11 is 0. The quantitative estimate of drug-likeness (QED) is 0.662. The van der Waals surface area contributed by atoms with Crippen molar-refractivity contribution in [2.24, 2.45) is 5.92 Å². The number of anilines is 1. The van der Waals surface area contributed by atoms with Gasteiger partial charge in [-0.15, -0.1) is 0 Å². The number of carbonyl (C=O) groups excluding carboxylic acids is 1. The number of rotatable bonds is 8. The molecule has 1 aromatic carbocycles. The highest BCUT2D eigenvalue weighted by molar-refractivity contribution is 7.91. The van der Waals surface area contributed by atoms with E-state index in [0.717, 1.165) is 25.0 Å². The Morgan fingerprint density at radius 2 is 1.87 bits per heavy atom. The van der Waals surface area contributed by atoms with Crippen LogP contribution in [0.25, 0.3) is 0 Å². The van der Waals surface area contributed by atoms with Crippen LogP contribution in [0.1, 0.15) is 37.7 Å². The molecule has 2 aromatic rings. The summed E-state index contributed by atoms with van der Waals surface area (Å²) in [7, 11) is -3.51. The molecule has 1 saturated heterocycles. The van der Waals surface area contributed by atoms with Gasteiger partial charge in [-0.05, 0) is 63.3 Å². The second-order valence-corrected chi connectivity index (χ2v) is 9.94.